The first-order valence-corrected chi connectivity index (χ1v) is 7.76. The molecule has 0 aromatic carbocycles. The van der Waals surface area contributed by atoms with Crippen molar-refractivity contribution in [1.29, 1.82) is 0 Å². The molecule has 6 nitrogen and oxygen atoms in total. The van der Waals surface area contributed by atoms with Gasteiger partial charge in [0.05, 0.1) is 0 Å². The number of carboxylic acid groups (broad SMARTS) is 1. The number of hydrogen-bond donors (Lipinski definition) is 1. The van der Waals surface area contributed by atoms with Gasteiger partial charge >= 0.3 is 0 Å². The molecule has 2 aliphatic carbocycles. The van der Waals surface area contributed by atoms with E-state index in [0.29, 0.717) is 11.6 Å². The standard InChI is InChI=1S/C16H22N2O4/c1-16(2,3)10-7-11(18-22-10)17-14(19)12-8-4-5-9(6-8)13(12)15(20)21/h7-9,12-13H,4-6H2,1-3H3,(H,20,21)(H,17,18,19)/p-1/t8-,9-,12+,13-/m0/s1. The van der Waals surface area contributed by atoms with Crippen LogP contribution in [0.3, 0.4) is 0 Å². The second-order valence-corrected chi connectivity index (χ2v) is 7.52. The summed E-state index contributed by atoms with van der Waals surface area (Å²) in [5, 5.41) is 17.9. The van der Waals surface area contributed by atoms with Crippen molar-refractivity contribution in [3.8, 4) is 0 Å². The zero-order valence-corrected chi connectivity index (χ0v) is 13.1. The van der Waals surface area contributed by atoms with Crippen molar-refractivity contribution in [2.45, 2.75) is 45.4 Å². The molecule has 3 rings (SSSR count). The van der Waals surface area contributed by atoms with Crippen LogP contribution in [0.2, 0.25) is 0 Å². The highest BCUT2D eigenvalue weighted by molar-refractivity contribution is 5.95. The van der Waals surface area contributed by atoms with Crippen molar-refractivity contribution >= 4 is 17.7 Å². The average Bonchev–Trinajstić information content (AvgIpc) is 3.11. The number of nitrogens with one attached hydrogen (secondary N) is 1. The van der Waals surface area contributed by atoms with E-state index in [0.717, 1.165) is 19.3 Å². The van der Waals surface area contributed by atoms with Gasteiger partial charge in [-0.25, -0.2) is 0 Å². The maximum atomic E-state index is 12.5. The molecule has 2 aliphatic rings. The molecule has 22 heavy (non-hydrogen) atoms. The Labute approximate surface area is 129 Å². The number of aromatic nitrogens is 1. The number of carbonyl (C=O) groups excluding carboxylic acids is 2. The Hall–Kier alpha value is -1.85. The van der Waals surface area contributed by atoms with Crippen LogP contribution in [0.25, 0.3) is 0 Å². The summed E-state index contributed by atoms with van der Waals surface area (Å²) in [7, 11) is 0. The van der Waals surface area contributed by atoms with Gasteiger partial charge in [0.2, 0.25) is 5.91 Å². The number of fused-ring (bicyclic) bond motifs is 2. The number of amides is 1. The second kappa shape index (κ2) is 5.11. The van der Waals surface area contributed by atoms with Crippen molar-refractivity contribution < 1.29 is 19.2 Å². The molecule has 2 fully saturated rings. The SMILES string of the molecule is CC(C)(C)c1cc(NC(=O)[C@@H]2[C@H]3CC[C@@H](C3)[C@@H]2C(=O)[O-])no1. The summed E-state index contributed by atoms with van der Waals surface area (Å²) in [6, 6.07) is 1.69. The van der Waals surface area contributed by atoms with Crippen LogP contribution in [0.4, 0.5) is 5.82 Å². The van der Waals surface area contributed by atoms with E-state index in [1.807, 2.05) is 20.8 Å². The number of anilines is 1. The van der Waals surface area contributed by atoms with Crippen LogP contribution < -0.4 is 10.4 Å². The summed E-state index contributed by atoms with van der Waals surface area (Å²) < 4.78 is 5.24. The third kappa shape index (κ3) is 2.51. The van der Waals surface area contributed by atoms with Crippen LogP contribution in [0.1, 0.15) is 45.8 Å². The van der Waals surface area contributed by atoms with Crippen molar-refractivity contribution in [3.63, 3.8) is 0 Å². The third-order valence-corrected chi connectivity index (χ3v) is 4.99. The third-order valence-electron chi connectivity index (χ3n) is 4.99. The minimum Gasteiger partial charge on any atom is -0.550 e. The van der Waals surface area contributed by atoms with E-state index in [9.17, 15) is 14.7 Å². The highest BCUT2D eigenvalue weighted by Gasteiger charge is 2.51. The molecule has 0 saturated heterocycles. The predicted octanol–water partition coefficient (Wildman–Crippen LogP) is 1.32. The predicted molar refractivity (Wildman–Crippen MR) is 76.7 cm³/mol. The van der Waals surface area contributed by atoms with Gasteiger partial charge in [0.15, 0.2) is 5.82 Å². The molecule has 2 bridgehead atoms. The fraction of sp³-hybridized carbons (Fsp3) is 0.688. The van der Waals surface area contributed by atoms with Crippen LogP contribution in [0, 0.1) is 23.7 Å². The van der Waals surface area contributed by atoms with Crippen LogP contribution in [0.5, 0.6) is 0 Å². The lowest BCUT2D eigenvalue weighted by molar-refractivity contribution is -0.314. The van der Waals surface area contributed by atoms with Gasteiger partial charge in [0, 0.05) is 29.3 Å². The van der Waals surface area contributed by atoms with Crippen molar-refractivity contribution in [2.24, 2.45) is 23.7 Å². The summed E-state index contributed by atoms with van der Waals surface area (Å²) in [5.41, 5.74) is -0.198. The zero-order chi connectivity index (χ0) is 16.1. The number of carbonyl (C=O) groups is 2. The van der Waals surface area contributed by atoms with E-state index in [-0.39, 0.29) is 23.2 Å². The molecule has 1 amide bonds. The summed E-state index contributed by atoms with van der Waals surface area (Å²) in [6.07, 6.45) is 2.60. The van der Waals surface area contributed by atoms with Crippen molar-refractivity contribution in [3.05, 3.63) is 11.8 Å². The Bertz CT molecular complexity index is 602. The summed E-state index contributed by atoms with van der Waals surface area (Å²) in [5.74, 6) is -1.35. The lowest BCUT2D eigenvalue weighted by Gasteiger charge is -2.30. The van der Waals surface area contributed by atoms with Crippen LogP contribution >= 0.6 is 0 Å². The molecule has 4 atom stereocenters. The van der Waals surface area contributed by atoms with Gasteiger partial charge in [-0.2, -0.15) is 0 Å². The summed E-state index contributed by atoms with van der Waals surface area (Å²) >= 11 is 0. The molecule has 2 saturated carbocycles. The summed E-state index contributed by atoms with van der Waals surface area (Å²) in [6.45, 7) is 5.96. The van der Waals surface area contributed by atoms with E-state index in [1.54, 1.807) is 6.07 Å². The average molecular weight is 305 g/mol. The van der Waals surface area contributed by atoms with E-state index in [1.165, 1.54) is 0 Å². The van der Waals surface area contributed by atoms with Crippen molar-refractivity contribution in [1.82, 2.24) is 5.16 Å². The van der Waals surface area contributed by atoms with Crippen LogP contribution in [-0.2, 0) is 15.0 Å². The van der Waals surface area contributed by atoms with E-state index < -0.39 is 17.8 Å². The molecule has 6 heteroatoms. The molecular formula is C16H21N2O4-. The van der Waals surface area contributed by atoms with Gasteiger partial charge in [-0.05, 0) is 31.1 Å². The lowest BCUT2D eigenvalue weighted by Crippen LogP contribution is -2.44. The first kappa shape index (κ1) is 15.1. The fourth-order valence-corrected chi connectivity index (χ4v) is 3.90. The summed E-state index contributed by atoms with van der Waals surface area (Å²) in [4.78, 5) is 23.9. The molecule has 0 spiro atoms. The smallest absolute Gasteiger partial charge is 0.229 e. The first-order valence-electron chi connectivity index (χ1n) is 7.76. The van der Waals surface area contributed by atoms with Gasteiger partial charge in [-0.3, -0.25) is 4.79 Å². The second-order valence-electron chi connectivity index (χ2n) is 7.52. The monoisotopic (exact) mass is 305 g/mol. The Morgan fingerprint density at radius 1 is 1.27 bits per heavy atom. The van der Waals surface area contributed by atoms with Crippen LogP contribution in [-0.4, -0.2) is 17.0 Å². The zero-order valence-electron chi connectivity index (χ0n) is 13.1. The maximum absolute atomic E-state index is 12.5. The Balaban J connectivity index is 1.74. The molecule has 1 aromatic heterocycles. The number of rotatable bonds is 3. The highest BCUT2D eigenvalue weighted by Crippen LogP contribution is 2.52. The minimum atomic E-state index is -1.11. The Morgan fingerprint density at radius 3 is 2.45 bits per heavy atom. The minimum absolute atomic E-state index is 0.0770. The molecular weight excluding hydrogens is 284 g/mol. The first-order chi connectivity index (χ1) is 10.3. The van der Waals surface area contributed by atoms with Gasteiger partial charge < -0.3 is 19.7 Å². The lowest BCUT2D eigenvalue weighted by atomic mass is 9.79. The largest absolute Gasteiger partial charge is 0.550 e. The van der Waals surface area contributed by atoms with Gasteiger partial charge in [-0.1, -0.05) is 25.9 Å². The van der Waals surface area contributed by atoms with E-state index >= 15 is 0 Å². The Kier molecular flexibility index (Phi) is 3.50. The van der Waals surface area contributed by atoms with E-state index in [4.69, 9.17) is 4.52 Å². The number of hydrogen-bond acceptors (Lipinski definition) is 5. The Morgan fingerprint density at radius 2 is 1.91 bits per heavy atom. The molecule has 0 radical (unpaired) electrons. The molecule has 120 valence electrons. The number of carboxylic acids is 1. The highest BCUT2D eigenvalue weighted by atomic mass is 16.5. The van der Waals surface area contributed by atoms with Gasteiger partial charge in [0.1, 0.15) is 5.76 Å². The molecule has 1 N–H and O–H groups in total. The molecule has 1 heterocycles. The van der Waals surface area contributed by atoms with Gasteiger partial charge in [-0.15, -0.1) is 0 Å². The van der Waals surface area contributed by atoms with E-state index in [2.05, 4.69) is 10.5 Å². The maximum Gasteiger partial charge on any atom is 0.229 e. The molecule has 0 unspecified atom stereocenters. The fourth-order valence-electron chi connectivity index (χ4n) is 3.90. The van der Waals surface area contributed by atoms with Crippen LogP contribution in [0.15, 0.2) is 10.6 Å². The normalized spacial score (nSPS) is 30.5. The van der Waals surface area contributed by atoms with Gasteiger partial charge in [0.25, 0.3) is 0 Å². The quantitative estimate of drug-likeness (QED) is 0.908. The number of nitrogens with zero attached hydrogens (tertiary/aromatic N) is 1. The van der Waals surface area contributed by atoms with Crippen molar-refractivity contribution in [2.75, 3.05) is 5.32 Å². The number of aliphatic carboxylic acids is 1. The molecule has 1 aromatic rings. The molecule has 0 aliphatic heterocycles. The topological polar surface area (TPSA) is 95.3 Å².